The van der Waals surface area contributed by atoms with E-state index in [-0.39, 0.29) is 0 Å². The van der Waals surface area contributed by atoms with Gasteiger partial charge in [-0.3, -0.25) is 9.59 Å². The number of amides is 2. The molecule has 30 heavy (non-hydrogen) atoms. The lowest BCUT2D eigenvalue weighted by Gasteiger charge is -2.09. The summed E-state index contributed by atoms with van der Waals surface area (Å²) in [6.07, 6.45) is 1.04. The standard InChI is InChI=1S/C23H20FN3O3/c24-19-10-12-20(13-11-19)26-22(28)14-23(29)27-25-15-18-8-4-5-9-21(18)30-16-17-6-2-1-3-7-17/h1-13,15H,14,16H2,(H,26,28)(H,27,29). The van der Waals surface area contributed by atoms with E-state index in [1.54, 1.807) is 6.07 Å². The Hall–Kier alpha value is -4.00. The summed E-state index contributed by atoms with van der Waals surface area (Å²) < 4.78 is 18.7. The first-order chi connectivity index (χ1) is 14.6. The number of benzene rings is 3. The zero-order valence-corrected chi connectivity index (χ0v) is 16.0. The Morgan fingerprint density at radius 1 is 0.900 bits per heavy atom. The Kier molecular flexibility index (Phi) is 7.27. The van der Waals surface area contributed by atoms with Crippen LogP contribution in [0.25, 0.3) is 0 Å². The molecule has 0 atom stereocenters. The minimum absolute atomic E-state index is 0.404. The summed E-state index contributed by atoms with van der Waals surface area (Å²) >= 11 is 0. The van der Waals surface area contributed by atoms with Crippen LogP contribution in [0, 0.1) is 5.82 Å². The maximum Gasteiger partial charge on any atom is 0.249 e. The third-order valence-electron chi connectivity index (χ3n) is 4.00. The topological polar surface area (TPSA) is 79.8 Å². The van der Waals surface area contributed by atoms with Crippen LogP contribution >= 0.6 is 0 Å². The monoisotopic (exact) mass is 405 g/mol. The zero-order valence-electron chi connectivity index (χ0n) is 16.0. The fraction of sp³-hybridized carbons (Fsp3) is 0.0870. The van der Waals surface area contributed by atoms with Crippen molar-refractivity contribution < 1.29 is 18.7 Å². The summed E-state index contributed by atoms with van der Waals surface area (Å²) in [4.78, 5) is 23.8. The highest BCUT2D eigenvalue weighted by atomic mass is 19.1. The molecule has 2 amide bonds. The third kappa shape index (κ3) is 6.56. The molecule has 2 N–H and O–H groups in total. The molecule has 0 heterocycles. The summed E-state index contributed by atoms with van der Waals surface area (Å²) in [6.45, 7) is 0.404. The van der Waals surface area contributed by atoms with Gasteiger partial charge in [-0.25, -0.2) is 9.82 Å². The maximum atomic E-state index is 12.9. The van der Waals surface area contributed by atoms with Gasteiger partial charge in [0.15, 0.2) is 0 Å². The van der Waals surface area contributed by atoms with Crippen LogP contribution in [0.15, 0.2) is 84.0 Å². The number of rotatable bonds is 8. The molecule has 3 aromatic carbocycles. The van der Waals surface area contributed by atoms with E-state index < -0.39 is 24.1 Å². The van der Waals surface area contributed by atoms with E-state index in [4.69, 9.17) is 4.74 Å². The molecular weight excluding hydrogens is 385 g/mol. The number of halogens is 1. The molecular formula is C23H20FN3O3. The SMILES string of the molecule is O=C(CC(=O)Nc1ccc(F)cc1)NN=Cc1ccccc1OCc1ccccc1. The Balaban J connectivity index is 1.50. The van der Waals surface area contributed by atoms with Crippen molar-refractivity contribution in [1.29, 1.82) is 0 Å². The number of hydrogen-bond donors (Lipinski definition) is 2. The normalized spacial score (nSPS) is 10.6. The van der Waals surface area contributed by atoms with E-state index >= 15 is 0 Å². The lowest BCUT2D eigenvalue weighted by molar-refractivity contribution is -0.126. The summed E-state index contributed by atoms with van der Waals surface area (Å²) in [5.74, 6) is -0.893. The molecule has 0 radical (unpaired) electrons. The molecule has 0 spiro atoms. The van der Waals surface area contributed by atoms with Crippen molar-refractivity contribution in [3.8, 4) is 5.75 Å². The number of ether oxygens (including phenoxy) is 1. The van der Waals surface area contributed by atoms with Gasteiger partial charge in [-0.05, 0) is 42.0 Å². The number of anilines is 1. The van der Waals surface area contributed by atoms with Crippen LogP contribution < -0.4 is 15.5 Å². The Morgan fingerprint density at radius 2 is 1.60 bits per heavy atom. The fourth-order valence-corrected chi connectivity index (χ4v) is 2.55. The fourth-order valence-electron chi connectivity index (χ4n) is 2.55. The lowest BCUT2D eigenvalue weighted by atomic mass is 10.2. The molecule has 152 valence electrons. The average Bonchev–Trinajstić information content (AvgIpc) is 2.75. The molecule has 0 aliphatic rings. The number of nitrogens with one attached hydrogen (secondary N) is 2. The third-order valence-corrected chi connectivity index (χ3v) is 4.00. The maximum absolute atomic E-state index is 12.9. The van der Waals surface area contributed by atoms with Crippen LogP contribution in [0.5, 0.6) is 5.75 Å². The number of carbonyl (C=O) groups is 2. The van der Waals surface area contributed by atoms with Gasteiger partial charge in [-0.15, -0.1) is 0 Å². The van der Waals surface area contributed by atoms with E-state index in [9.17, 15) is 14.0 Å². The van der Waals surface area contributed by atoms with Gasteiger partial charge in [0.25, 0.3) is 0 Å². The molecule has 3 aromatic rings. The van der Waals surface area contributed by atoms with E-state index in [0.29, 0.717) is 23.6 Å². The molecule has 0 saturated heterocycles. The predicted octanol–water partition coefficient (Wildman–Crippen LogP) is 3.88. The first-order valence-corrected chi connectivity index (χ1v) is 9.23. The van der Waals surface area contributed by atoms with E-state index in [2.05, 4.69) is 15.8 Å². The van der Waals surface area contributed by atoms with Crippen molar-refractivity contribution in [3.63, 3.8) is 0 Å². The minimum atomic E-state index is -0.575. The van der Waals surface area contributed by atoms with Crippen molar-refractivity contribution in [3.05, 3.63) is 95.8 Å². The molecule has 0 aromatic heterocycles. The Morgan fingerprint density at radius 3 is 2.37 bits per heavy atom. The number of carbonyl (C=O) groups excluding carboxylic acids is 2. The van der Waals surface area contributed by atoms with Crippen LogP contribution in [-0.2, 0) is 16.2 Å². The van der Waals surface area contributed by atoms with Gasteiger partial charge < -0.3 is 10.1 Å². The summed E-state index contributed by atoms with van der Waals surface area (Å²) in [5, 5.41) is 6.41. The van der Waals surface area contributed by atoms with Crippen LogP contribution in [-0.4, -0.2) is 18.0 Å². The number of hydrazone groups is 1. The van der Waals surface area contributed by atoms with Gasteiger partial charge >= 0.3 is 0 Å². The van der Waals surface area contributed by atoms with E-state index in [0.717, 1.165) is 5.56 Å². The Labute approximate surface area is 173 Å². The van der Waals surface area contributed by atoms with Crippen LogP contribution in [0.1, 0.15) is 17.5 Å². The van der Waals surface area contributed by atoms with Gasteiger partial charge in [0, 0.05) is 11.3 Å². The quantitative estimate of drug-likeness (QED) is 0.339. The highest BCUT2D eigenvalue weighted by Crippen LogP contribution is 2.17. The summed E-state index contributed by atoms with van der Waals surface area (Å²) in [7, 11) is 0. The van der Waals surface area contributed by atoms with E-state index in [1.807, 2.05) is 48.5 Å². The molecule has 0 aliphatic heterocycles. The Bertz CT molecular complexity index is 1020. The smallest absolute Gasteiger partial charge is 0.249 e. The van der Waals surface area contributed by atoms with Gasteiger partial charge in [-0.1, -0.05) is 42.5 Å². The molecule has 0 aliphatic carbocycles. The van der Waals surface area contributed by atoms with Crippen molar-refractivity contribution in [2.45, 2.75) is 13.0 Å². The summed E-state index contributed by atoms with van der Waals surface area (Å²) in [6, 6.07) is 22.3. The van der Waals surface area contributed by atoms with Crippen LogP contribution in [0.2, 0.25) is 0 Å². The second-order valence-corrected chi connectivity index (χ2v) is 6.34. The molecule has 3 rings (SSSR count). The highest BCUT2D eigenvalue weighted by Gasteiger charge is 2.09. The lowest BCUT2D eigenvalue weighted by Crippen LogP contribution is -2.24. The number of hydrogen-bond acceptors (Lipinski definition) is 4. The largest absolute Gasteiger partial charge is 0.488 e. The number of para-hydroxylation sites is 1. The van der Waals surface area contributed by atoms with Gasteiger partial charge in [-0.2, -0.15) is 5.10 Å². The van der Waals surface area contributed by atoms with Gasteiger partial charge in [0.2, 0.25) is 11.8 Å². The zero-order chi connectivity index (χ0) is 21.2. The molecule has 0 bridgehead atoms. The van der Waals surface area contributed by atoms with Crippen molar-refractivity contribution in [2.24, 2.45) is 5.10 Å². The predicted molar refractivity (Wildman–Crippen MR) is 113 cm³/mol. The second-order valence-electron chi connectivity index (χ2n) is 6.34. The average molecular weight is 405 g/mol. The second kappa shape index (κ2) is 10.5. The molecule has 6 nitrogen and oxygen atoms in total. The van der Waals surface area contributed by atoms with Gasteiger partial charge in [0.1, 0.15) is 24.6 Å². The molecule has 0 saturated carbocycles. The van der Waals surface area contributed by atoms with Crippen molar-refractivity contribution in [2.75, 3.05) is 5.32 Å². The first-order valence-electron chi connectivity index (χ1n) is 9.23. The molecule has 0 fully saturated rings. The van der Waals surface area contributed by atoms with Crippen molar-refractivity contribution >= 4 is 23.7 Å². The van der Waals surface area contributed by atoms with Crippen molar-refractivity contribution in [1.82, 2.24) is 5.43 Å². The van der Waals surface area contributed by atoms with Gasteiger partial charge in [0.05, 0.1) is 6.21 Å². The highest BCUT2D eigenvalue weighted by molar-refractivity contribution is 6.03. The first kappa shape index (κ1) is 20.7. The minimum Gasteiger partial charge on any atom is -0.488 e. The van der Waals surface area contributed by atoms with Crippen LogP contribution in [0.4, 0.5) is 10.1 Å². The number of nitrogens with zero attached hydrogens (tertiary/aromatic N) is 1. The summed E-state index contributed by atoms with van der Waals surface area (Å²) in [5.41, 5.74) is 4.43. The molecule has 0 unspecified atom stereocenters. The molecule has 7 heteroatoms. The van der Waals surface area contributed by atoms with Crippen LogP contribution in [0.3, 0.4) is 0 Å². The van der Waals surface area contributed by atoms with E-state index in [1.165, 1.54) is 30.5 Å².